The summed E-state index contributed by atoms with van der Waals surface area (Å²) in [5.41, 5.74) is 1.99. The van der Waals surface area contributed by atoms with Crippen molar-refractivity contribution in [2.75, 3.05) is 39.2 Å². The Morgan fingerprint density at radius 2 is 2.03 bits per heavy atom. The number of carbonyl (C=O) groups is 2. The number of hydrogen-bond acceptors (Lipinski definition) is 6. The number of pyridine rings is 1. The highest BCUT2D eigenvalue weighted by Crippen LogP contribution is 2.27. The number of aromatic nitrogens is 1. The lowest BCUT2D eigenvalue weighted by Crippen LogP contribution is -2.46. The van der Waals surface area contributed by atoms with Crippen LogP contribution in [0.2, 0.25) is 0 Å². The van der Waals surface area contributed by atoms with Gasteiger partial charge in [-0.1, -0.05) is 19.9 Å². The first-order valence-electron chi connectivity index (χ1n) is 11.8. The van der Waals surface area contributed by atoms with Crippen LogP contribution in [-0.4, -0.2) is 72.6 Å². The summed E-state index contributed by atoms with van der Waals surface area (Å²) in [6.45, 7) is 8.35. The summed E-state index contributed by atoms with van der Waals surface area (Å²) in [6.07, 6.45) is 2.03. The number of nitrogens with zero attached hydrogens (tertiary/aromatic N) is 3. The van der Waals surface area contributed by atoms with Gasteiger partial charge in [-0.3, -0.25) is 19.5 Å². The van der Waals surface area contributed by atoms with E-state index in [0.29, 0.717) is 43.1 Å². The van der Waals surface area contributed by atoms with Gasteiger partial charge in [0.1, 0.15) is 12.4 Å². The summed E-state index contributed by atoms with van der Waals surface area (Å²) in [7, 11) is 3.45. The summed E-state index contributed by atoms with van der Waals surface area (Å²) in [5, 5.41) is 2.83. The molecule has 8 heteroatoms. The van der Waals surface area contributed by atoms with Crippen LogP contribution in [0.5, 0.6) is 5.75 Å². The second-order valence-corrected chi connectivity index (χ2v) is 8.96. The topological polar surface area (TPSA) is 84.0 Å². The summed E-state index contributed by atoms with van der Waals surface area (Å²) in [5.74, 6) is 0.386. The van der Waals surface area contributed by atoms with Crippen molar-refractivity contribution < 1.29 is 19.1 Å². The molecule has 1 aromatic heterocycles. The number of carbonyl (C=O) groups excluding carboxylic acids is 2. The van der Waals surface area contributed by atoms with Gasteiger partial charge in [-0.05, 0) is 43.2 Å². The Morgan fingerprint density at radius 3 is 2.71 bits per heavy atom. The van der Waals surface area contributed by atoms with Gasteiger partial charge in [0.2, 0.25) is 5.91 Å². The summed E-state index contributed by atoms with van der Waals surface area (Å²) in [4.78, 5) is 33.8. The monoisotopic (exact) mass is 468 g/mol. The molecular formula is C26H36N4O4. The van der Waals surface area contributed by atoms with Gasteiger partial charge in [0, 0.05) is 58.1 Å². The Hall–Kier alpha value is -2.97. The van der Waals surface area contributed by atoms with Crippen molar-refractivity contribution in [3.05, 3.63) is 53.9 Å². The second-order valence-electron chi connectivity index (χ2n) is 8.96. The van der Waals surface area contributed by atoms with Crippen molar-refractivity contribution in [1.82, 2.24) is 14.8 Å². The standard InChI is InChI=1S/C26H36N4O4/c1-6-25(31)28-20-10-11-23-22(13-20)26(32)29(4)16-24(33-5)18(2)14-30(19(3)17-34-23)15-21-9-7-8-12-27-21/h7-13,18-19,24H,6,14-17H2,1-5H3,(H,28,31)/t18-,19-,24+/m0/s1. The van der Waals surface area contributed by atoms with Gasteiger partial charge in [-0.15, -0.1) is 0 Å². The van der Waals surface area contributed by atoms with Crippen molar-refractivity contribution in [3.63, 3.8) is 0 Å². The van der Waals surface area contributed by atoms with Crippen molar-refractivity contribution in [3.8, 4) is 5.75 Å². The minimum Gasteiger partial charge on any atom is -0.491 e. The van der Waals surface area contributed by atoms with E-state index in [1.54, 1.807) is 50.4 Å². The molecule has 2 aromatic rings. The number of ether oxygens (including phenoxy) is 2. The number of hydrogen-bond donors (Lipinski definition) is 1. The summed E-state index contributed by atoms with van der Waals surface area (Å²) in [6, 6.07) is 11.2. The van der Waals surface area contributed by atoms with Crippen LogP contribution in [0.25, 0.3) is 0 Å². The summed E-state index contributed by atoms with van der Waals surface area (Å²) < 4.78 is 12.0. The molecule has 1 aromatic carbocycles. The van der Waals surface area contributed by atoms with Crippen LogP contribution in [-0.2, 0) is 16.1 Å². The highest BCUT2D eigenvalue weighted by molar-refractivity contribution is 5.99. The predicted molar refractivity (Wildman–Crippen MR) is 132 cm³/mol. The second kappa shape index (κ2) is 11.9. The Labute approximate surface area is 202 Å². The van der Waals surface area contributed by atoms with E-state index < -0.39 is 0 Å². The van der Waals surface area contributed by atoms with E-state index in [2.05, 4.69) is 29.0 Å². The molecule has 8 nitrogen and oxygen atoms in total. The third kappa shape index (κ3) is 6.55. The van der Waals surface area contributed by atoms with Gasteiger partial charge in [0.15, 0.2) is 0 Å². The molecule has 0 aliphatic carbocycles. The molecule has 0 unspecified atom stereocenters. The third-order valence-electron chi connectivity index (χ3n) is 6.27. The first kappa shape index (κ1) is 25.6. The first-order valence-corrected chi connectivity index (χ1v) is 11.8. The molecule has 0 spiro atoms. The van der Waals surface area contributed by atoms with E-state index >= 15 is 0 Å². The SMILES string of the molecule is CCC(=O)Nc1ccc2c(c1)C(=O)N(C)C[C@@H](OC)[C@@H](C)CN(Cc1ccccn1)[C@@H](C)CO2. The zero-order valence-corrected chi connectivity index (χ0v) is 20.8. The van der Waals surface area contributed by atoms with Crippen molar-refractivity contribution in [2.24, 2.45) is 5.92 Å². The van der Waals surface area contributed by atoms with Crippen molar-refractivity contribution in [1.29, 1.82) is 0 Å². The maximum atomic E-state index is 13.4. The molecule has 0 saturated carbocycles. The number of fused-ring (bicyclic) bond motifs is 1. The number of nitrogens with one attached hydrogen (secondary N) is 1. The van der Waals surface area contributed by atoms with Crippen LogP contribution in [0.4, 0.5) is 5.69 Å². The minimum absolute atomic E-state index is 0.0709. The highest BCUT2D eigenvalue weighted by atomic mass is 16.5. The van der Waals surface area contributed by atoms with Crippen LogP contribution in [0.1, 0.15) is 43.2 Å². The predicted octanol–water partition coefficient (Wildman–Crippen LogP) is 3.44. The Balaban J connectivity index is 1.93. The smallest absolute Gasteiger partial charge is 0.257 e. The summed E-state index contributed by atoms with van der Waals surface area (Å²) >= 11 is 0. The van der Waals surface area contributed by atoms with E-state index in [9.17, 15) is 9.59 Å². The fraction of sp³-hybridized carbons (Fsp3) is 0.500. The van der Waals surface area contributed by atoms with Gasteiger partial charge in [-0.2, -0.15) is 0 Å². The highest BCUT2D eigenvalue weighted by Gasteiger charge is 2.28. The largest absolute Gasteiger partial charge is 0.491 e. The minimum atomic E-state index is -0.171. The zero-order chi connectivity index (χ0) is 24.7. The van der Waals surface area contributed by atoms with Gasteiger partial charge >= 0.3 is 0 Å². The molecule has 3 atom stereocenters. The number of rotatable bonds is 5. The molecule has 1 N–H and O–H groups in total. The van der Waals surface area contributed by atoms with Crippen LogP contribution in [0.15, 0.2) is 42.6 Å². The maximum Gasteiger partial charge on any atom is 0.257 e. The van der Waals surface area contributed by atoms with E-state index in [1.165, 1.54) is 0 Å². The molecule has 0 radical (unpaired) electrons. The number of benzene rings is 1. The fourth-order valence-electron chi connectivity index (χ4n) is 4.10. The van der Waals surface area contributed by atoms with Gasteiger partial charge in [0.25, 0.3) is 5.91 Å². The van der Waals surface area contributed by atoms with Crippen LogP contribution in [0, 0.1) is 5.92 Å². The molecule has 2 amide bonds. The molecule has 3 rings (SSSR count). The Bertz CT molecular complexity index is 969. The average molecular weight is 469 g/mol. The van der Waals surface area contributed by atoms with Crippen molar-refractivity contribution in [2.45, 2.75) is 45.9 Å². The molecule has 0 bridgehead atoms. The molecule has 184 valence electrons. The van der Waals surface area contributed by atoms with Crippen LogP contribution < -0.4 is 10.1 Å². The number of methoxy groups -OCH3 is 1. The molecule has 0 saturated heterocycles. The first-order chi connectivity index (χ1) is 16.3. The molecule has 34 heavy (non-hydrogen) atoms. The van der Waals surface area contributed by atoms with E-state index in [-0.39, 0.29) is 29.9 Å². The van der Waals surface area contributed by atoms with E-state index in [4.69, 9.17) is 9.47 Å². The quantitative estimate of drug-likeness (QED) is 0.724. The van der Waals surface area contributed by atoms with Gasteiger partial charge in [-0.25, -0.2) is 0 Å². The molecule has 1 aliphatic heterocycles. The fourth-order valence-corrected chi connectivity index (χ4v) is 4.10. The lowest BCUT2D eigenvalue weighted by Gasteiger charge is -2.35. The maximum absolute atomic E-state index is 13.4. The lowest BCUT2D eigenvalue weighted by atomic mass is 10.0. The number of anilines is 1. The molecule has 1 aliphatic rings. The van der Waals surface area contributed by atoms with Crippen LogP contribution >= 0.6 is 0 Å². The normalized spacial score (nSPS) is 22.2. The van der Waals surface area contributed by atoms with E-state index in [1.807, 2.05) is 18.2 Å². The number of amides is 2. The molecule has 2 heterocycles. The molecule has 0 fully saturated rings. The van der Waals surface area contributed by atoms with Gasteiger partial charge < -0.3 is 19.7 Å². The van der Waals surface area contributed by atoms with E-state index in [0.717, 1.165) is 12.2 Å². The zero-order valence-electron chi connectivity index (χ0n) is 20.8. The average Bonchev–Trinajstić information content (AvgIpc) is 2.85. The Kier molecular flexibility index (Phi) is 9.01. The Morgan fingerprint density at radius 1 is 1.24 bits per heavy atom. The lowest BCUT2D eigenvalue weighted by molar-refractivity contribution is -0.115. The third-order valence-corrected chi connectivity index (χ3v) is 6.27. The van der Waals surface area contributed by atoms with Crippen LogP contribution in [0.3, 0.4) is 0 Å². The van der Waals surface area contributed by atoms with Crippen molar-refractivity contribution >= 4 is 17.5 Å². The molecular weight excluding hydrogens is 432 g/mol. The van der Waals surface area contributed by atoms with Gasteiger partial charge in [0.05, 0.1) is 17.4 Å². The number of likely N-dealkylation sites (N-methyl/N-ethyl adjacent to an activating group) is 1.